The van der Waals surface area contributed by atoms with Gasteiger partial charge in [-0.1, -0.05) is 6.07 Å². The molecule has 1 amide bonds. The molecule has 0 atom stereocenters. The van der Waals surface area contributed by atoms with Crippen LogP contribution in [0.15, 0.2) is 48.8 Å². The number of aliphatic hydroxyl groups excluding tert-OH is 2. The number of fused-ring (bicyclic) bond motifs is 1. The van der Waals surface area contributed by atoms with E-state index < -0.39 is 36.3 Å². The van der Waals surface area contributed by atoms with Crippen molar-refractivity contribution in [3.63, 3.8) is 0 Å². The monoisotopic (exact) mass is 471 g/mol. The van der Waals surface area contributed by atoms with Crippen molar-refractivity contribution >= 4 is 11.6 Å². The second-order valence-corrected chi connectivity index (χ2v) is 7.83. The zero-order chi connectivity index (χ0) is 24.5. The number of ether oxygens (including phenoxy) is 1. The molecule has 11 heteroatoms. The molecule has 0 unspecified atom stereocenters. The van der Waals surface area contributed by atoms with E-state index in [9.17, 15) is 23.8 Å². The molecule has 0 saturated heterocycles. The summed E-state index contributed by atoms with van der Waals surface area (Å²) in [4.78, 5) is 17.7. The van der Waals surface area contributed by atoms with Crippen LogP contribution in [0.2, 0.25) is 0 Å². The van der Waals surface area contributed by atoms with Crippen molar-refractivity contribution in [2.45, 2.75) is 19.1 Å². The molecule has 3 heterocycles. The summed E-state index contributed by atoms with van der Waals surface area (Å²) in [5.74, 6) is -1.86. The van der Waals surface area contributed by atoms with Crippen molar-refractivity contribution in [3.05, 3.63) is 83.1 Å². The van der Waals surface area contributed by atoms with Crippen LogP contribution in [0, 0.1) is 18.6 Å². The Morgan fingerprint density at radius 3 is 2.44 bits per heavy atom. The van der Waals surface area contributed by atoms with Crippen LogP contribution in [0.5, 0.6) is 5.75 Å². The molecule has 0 fully saturated rings. The fourth-order valence-electron chi connectivity index (χ4n) is 3.66. The number of aromatic nitrogens is 4. The van der Waals surface area contributed by atoms with Crippen LogP contribution in [0.3, 0.4) is 0 Å². The Balaban J connectivity index is 1.66. The Hall–Kier alpha value is -3.83. The number of hydrogen-bond acceptors (Lipinski definition) is 6. The van der Waals surface area contributed by atoms with Crippen molar-refractivity contribution in [1.82, 2.24) is 24.5 Å². The first-order chi connectivity index (χ1) is 16.3. The van der Waals surface area contributed by atoms with E-state index in [1.165, 1.54) is 15.1 Å². The van der Waals surface area contributed by atoms with Gasteiger partial charge in [-0.05, 0) is 37.3 Å². The predicted molar refractivity (Wildman–Crippen MR) is 117 cm³/mol. The minimum atomic E-state index is -1.52. The summed E-state index contributed by atoms with van der Waals surface area (Å²) in [6, 6.07) is 8.30. The first-order valence-corrected chi connectivity index (χ1v) is 10.4. The molecule has 0 aliphatic carbocycles. The molecule has 4 aromatic rings. The SMILES string of the molecule is Cc1nc2c(OCc3c(F)cccc3F)cccn2c1C(=O)NC(CO)(CO)c1ccn(C)n1. The first kappa shape index (κ1) is 23.3. The minimum Gasteiger partial charge on any atom is -0.485 e. The highest BCUT2D eigenvalue weighted by Crippen LogP contribution is 2.25. The number of carbonyl (C=O) groups is 1. The second-order valence-electron chi connectivity index (χ2n) is 7.83. The average molecular weight is 471 g/mol. The van der Waals surface area contributed by atoms with Crippen molar-refractivity contribution in [3.8, 4) is 5.75 Å². The minimum absolute atomic E-state index is 0.139. The molecule has 0 spiro atoms. The van der Waals surface area contributed by atoms with E-state index in [4.69, 9.17) is 4.74 Å². The van der Waals surface area contributed by atoms with Gasteiger partial charge in [0.25, 0.3) is 5.91 Å². The maximum atomic E-state index is 14.0. The fraction of sp³-hybridized carbons (Fsp3) is 0.261. The van der Waals surface area contributed by atoms with Crippen molar-refractivity contribution < 1.29 is 28.5 Å². The topological polar surface area (TPSA) is 114 Å². The Morgan fingerprint density at radius 2 is 1.82 bits per heavy atom. The number of hydrogen-bond donors (Lipinski definition) is 3. The number of carbonyl (C=O) groups excluding carboxylic acids is 1. The molecule has 4 rings (SSSR count). The van der Waals surface area contributed by atoms with Crippen LogP contribution in [-0.4, -0.2) is 48.5 Å². The van der Waals surface area contributed by atoms with Gasteiger partial charge in [0.1, 0.15) is 29.5 Å². The number of rotatable bonds is 8. The van der Waals surface area contributed by atoms with Gasteiger partial charge >= 0.3 is 0 Å². The lowest BCUT2D eigenvalue weighted by Gasteiger charge is -2.29. The lowest BCUT2D eigenvalue weighted by Crippen LogP contribution is -2.52. The smallest absolute Gasteiger partial charge is 0.271 e. The van der Waals surface area contributed by atoms with Crippen LogP contribution in [0.1, 0.15) is 27.4 Å². The molecule has 0 bridgehead atoms. The number of imidazole rings is 1. The van der Waals surface area contributed by atoms with Gasteiger partial charge < -0.3 is 20.3 Å². The van der Waals surface area contributed by atoms with Gasteiger partial charge in [0.15, 0.2) is 11.4 Å². The van der Waals surface area contributed by atoms with E-state index in [2.05, 4.69) is 15.4 Å². The third kappa shape index (κ3) is 4.11. The van der Waals surface area contributed by atoms with Gasteiger partial charge in [-0.3, -0.25) is 13.9 Å². The molecular weight excluding hydrogens is 448 g/mol. The number of benzene rings is 1. The molecule has 178 valence electrons. The van der Waals surface area contributed by atoms with E-state index in [0.717, 1.165) is 12.1 Å². The van der Waals surface area contributed by atoms with Crippen LogP contribution < -0.4 is 10.1 Å². The van der Waals surface area contributed by atoms with Gasteiger partial charge in [-0.2, -0.15) is 5.10 Å². The summed E-state index contributed by atoms with van der Waals surface area (Å²) in [5.41, 5.74) is -0.715. The molecule has 9 nitrogen and oxygen atoms in total. The lowest BCUT2D eigenvalue weighted by atomic mass is 9.97. The highest BCUT2D eigenvalue weighted by atomic mass is 19.1. The summed E-state index contributed by atoms with van der Waals surface area (Å²) < 4.78 is 36.5. The zero-order valence-electron chi connectivity index (χ0n) is 18.5. The molecule has 0 radical (unpaired) electrons. The number of amides is 1. The lowest BCUT2D eigenvalue weighted by molar-refractivity contribution is 0.0635. The Bertz CT molecular complexity index is 1330. The quantitative estimate of drug-likeness (QED) is 0.361. The van der Waals surface area contributed by atoms with Crippen molar-refractivity contribution in [2.75, 3.05) is 13.2 Å². The maximum Gasteiger partial charge on any atom is 0.271 e. The summed E-state index contributed by atoms with van der Waals surface area (Å²) in [7, 11) is 1.67. The standard InChI is InChI=1S/C23H23F2N5O4/c1-14-20(22(33)27-23(12-31,13-32)19-8-10-29(2)28-19)30-9-4-7-18(21(30)26-14)34-11-15-16(24)5-3-6-17(15)25/h3-10,31-32H,11-13H2,1-2H3,(H,27,33). The molecule has 3 aromatic heterocycles. The largest absolute Gasteiger partial charge is 0.485 e. The maximum absolute atomic E-state index is 14.0. The van der Waals surface area contributed by atoms with E-state index in [-0.39, 0.29) is 35.0 Å². The van der Waals surface area contributed by atoms with Crippen LogP contribution in [0.25, 0.3) is 5.65 Å². The highest BCUT2D eigenvalue weighted by Gasteiger charge is 2.37. The molecule has 3 N–H and O–H groups in total. The number of nitrogens with zero attached hydrogens (tertiary/aromatic N) is 4. The summed E-state index contributed by atoms with van der Waals surface area (Å²) in [6.07, 6.45) is 3.21. The number of halogens is 2. The van der Waals surface area contributed by atoms with Crippen LogP contribution in [-0.2, 0) is 19.2 Å². The summed E-state index contributed by atoms with van der Waals surface area (Å²) >= 11 is 0. The fourth-order valence-corrected chi connectivity index (χ4v) is 3.66. The van der Waals surface area contributed by atoms with E-state index in [0.29, 0.717) is 5.69 Å². The molecule has 0 saturated carbocycles. The molecule has 0 aliphatic heterocycles. The van der Waals surface area contributed by atoms with Crippen molar-refractivity contribution in [1.29, 1.82) is 0 Å². The Labute approximate surface area is 193 Å². The highest BCUT2D eigenvalue weighted by molar-refractivity contribution is 5.95. The van der Waals surface area contributed by atoms with Gasteiger partial charge in [-0.25, -0.2) is 13.8 Å². The summed E-state index contributed by atoms with van der Waals surface area (Å²) in [6.45, 7) is 0.0567. The Morgan fingerprint density at radius 1 is 1.12 bits per heavy atom. The van der Waals surface area contributed by atoms with Gasteiger partial charge in [0, 0.05) is 19.4 Å². The van der Waals surface area contributed by atoms with Crippen LogP contribution >= 0.6 is 0 Å². The number of pyridine rings is 1. The zero-order valence-corrected chi connectivity index (χ0v) is 18.5. The number of aliphatic hydroxyl groups is 2. The first-order valence-electron chi connectivity index (χ1n) is 10.4. The van der Waals surface area contributed by atoms with Gasteiger partial charge in [-0.15, -0.1) is 0 Å². The second kappa shape index (κ2) is 9.20. The molecule has 1 aromatic carbocycles. The van der Waals surface area contributed by atoms with E-state index in [1.807, 2.05) is 0 Å². The van der Waals surface area contributed by atoms with E-state index >= 15 is 0 Å². The summed E-state index contributed by atoms with van der Waals surface area (Å²) in [5, 5.41) is 26.9. The predicted octanol–water partition coefficient (Wildman–Crippen LogP) is 1.84. The molecule has 0 aliphatic rings. The number of aryl methyl sites for hydroxylation is 2. The van der Waals surface area contributed by atoms with Crippen molar-refractivity contribution in [2.24, 2.45) is 7.05 Å². The molecule has 34 heavy (non-hydrogen) atoms. The van der Waals surface area contributed by atoms with Crippen LogP contribution in [0.4, 0.5) is 8.78 Å². The normalized spacial score (nSPS) is 11.7. The average Bonchev–Trinajstić information content (AvgIpc) is 3.40. The van der Waals surface area contributed by atoms with Gasteiger partial charge in [0.2, 0.25) is 0 Å². The third-order valence-corrected chi connectivity index (χ3v) is 5.53. The molecular formula is C23H23F2N5O4. The Kier molecular flexibility index (Phi) is 6.31. The van der Waals surface area contributed by atoms with E-state index in [1.54, 1.807) is 44.6 Å². The van der Waals surface area contributed by atoms with Gasteiger partial charge in [0.05, 0.1) is 30.2 Å². The third-order valence-electron chi connectivity index (χ3n) is 5.53. The number of nitrogens with one attached hydrogen (secondary N) is 1.